The molecule has 2 amide bonds. The van der Waals surface area contributed by atoms with Crippen molar-refractivity contribution in [2.45, 2.75) is 25.9 Å². The molecule has 9 heteroatoms. The van der Waals surface area contributed by atoms with Crippen LogP contribution in [0.5, 0.6) is 0 Å². The molecule has 0 saturated carbocycles. The van der Waals surface area contributed by atoms with Crippen LogP contribution < -0.4 is 4.90 Å². The number of aromatic nitrogens is 2. The number of alkyl halides is 3. The number of halogens is 3. The van der Waals surface area contributed by atoms with E-state index >= 15 is 0 Å². The first-order chi connectivity index (χ1) is 12.6. The fourth-order valence-electron chi connectivity index (χ4n) is 3.19. The van der Waals surface area contributed by atoms with Crippen LogP contribution in [-0.2, 0) is 17.4 Å². The van der Waals surface area contributed by atoms with E-state index in [1.807, 2.05) is 0 Å². The van der Waals surface area contributed by atoms with Crippen LogP contribution in [0.25, 0.3) is 5.69 Å². The van der Waals surface area contributed by atoms with Crippen molar-refractivity contribution in [1.29, 1.82) is 0 Å². The maximum absolute atomic E-state index is 13.5. The van der Waals surface area contributed by atoms with Crippen molar-refractivity contribution >= 4 is 17.6 Å². The van der Waals surface area contributed by atoms with Crippen molar-refractivity contribution in [3.05, 3.63) is 41.1 Å². The number of fused-ring (bicyclic) bond motifs is 1. The Bertz CT molecular complexity index is 885. The molecule has 0 atom stereocenters. The van der Waals surface area contributed by atoms with Crippen molar-refractivity contribution in [2.75, 3.05) is 25.5 Å². The molecule has 3 rings (SSSR count). The topological polar surface area (TPSA) is 58.4 Å². The van der Waals surface area contributed by atoms with E-state index in [1.165, 1.54) is 41.0 Å². The summed E-state index contributed by atoms with van der Waals surface area (Å²) in [5.41, 5.74) is -0.191. The van der Waals surface area contributed by atoms with Crippen LogP contribution in [0.4, 0.5) is 19.0 Å². The zero-order valence-corrected chi connectivity index (χ0v) is 15.2. The van der Waals surface area contributed by atoms with Gasteiger partial charge in [-0.05, 0) is 37.1 Å². The summed E-state index contributed by atoms with van der Waals surface area (Å²) < 4.78 is 41.5. The number of carbonyl (C=O) groups is 2. The highest BCUT2D eigenvalue weighted by Crippen LogP contribution is 2.40. The van der Waals surface area contributed by atoms with Crippen LogP contribution in [0.3, 0.4) is 0 Å². The van der Waals surface area contributed by atoms with E-state index in [2.05, 4.69) is 5.10 Å². The molecule has 144 valence electrons. The maximum Gasteiger partial charge on any atom is 0.435 e. The number of rotatable bonds is 2. The van der Waals surface area contributed by atoms with E-state index in [-0.39, 0.29) is 29.6 Å². The van der Waals surface area contributed by atoms with Crippen LogP contribution in [0.15, 0.2) is 24.3 Å². The van der Waals surface area contributed by atoms with Gasteiger partial charge in [0.05, 0.1) is 5.69 Å². The van der Waals surface area contributed by atoms with Gasteiger partial charge in [-0.3, -0.25) is 14.5 Å². The average molecular weight is 380 g/mol. The number of nitrogens with zero attached hydrogens (tertiary/aromatic N) is 4. The van der Waals surface area contributed by atoms with Crippen LogP contribution >= 0.6 is 0 Å². The van der Waals surface area contributed by atoms with E-state index < -0.39 is 11.9 Å². The molecular formula is C18H19F3N4O2. The van der Waals surface area contributed by atoms with Crippen molar-refractivity contribution in [2.24, 2.45) is 0 Å². The molecule has 2 aromatic rings. The predicted molar refractivity (Wildman–Crippen MR) is 92.9 cm³/mol. The lowest BCUT2D eigenvalue weighted by molar-refractivity contribution is -0.142. The second kappa shape index (κ2) is 6.71. The lowest BCUT2D eigenvalue weighted by Crippen LogP contribution is -2.35. The minimum Gasteiger partial charge on any atom is -0.345 e. The summed E-state index contributed by atoms with van der Waals surface area (Å²) >= 11 is 0. The third kappa shape index (κ3) is 3.41. The average Bonchev–Trinajstić information content (AvgIpc) is 3.01. The van der Waals surface area contributed by atoms with E-state index in [1.54, 1.807) is 14.1 Å². The highest BCUT2D eigenvalue weighted by molar-refractivity contribution is 5.94. The maximum atomic E-state index is 13.5. The fraction of sp³-hybridized carbons (Fsp3) is 0.389. The standard InChI is InChI=1S/C18H19F3N4O2/c1-11(26)24-10-4-5-14-15(18(19,20)21)22-25(16(14)24)13-8-6-12(7-9-13)17(27)23(2)3/h6-9H,4-5,10H2,1-3H3. The molecule has 0 aliphatic carbocycles. The summed E-state index contributed by atoms with van der Waals surface area (Å²) in [5, 5.41) is 3.78. The van der Waals surface area contributed by atoms with Gasteiger partial charge in [0.15, 0.2) is 5.69 Å². The van der Waals surface area contributed by atoms with Gasteiger partial charge in [-0.2, -0.15) is 18.3 Å². The van der Waals surface area contributed by atoms with Gasteiger partial charge in [-0.15, -0.1) is 0 Å². The Kier molecular flexibility index (Phi) is 4.71. The van der Waals surface area contributed by atoms with Crippen molar-refractivity contribution in [3.63, 3.8) is 0 Å². The Morgan fingerprint density at radius 1 is 1.15 bits per heavy atom. The molecule has 0 N–H and O–H groups in total. The Labute approximate surface area is 154 Å². The summed E-state index contributed by atoms with van der Waals surface area (Å²) in [6, 6.07) is 6.11. The second-order valence-corrected chi connectivity index (χ2v) is 6.58. The minimum absolute atomic E-state index is 0.0254. The van der Waals surface area contributed by atoms with Gasteiger partial charge in [0.25, 0.3) is 5.91 Å². The first-order valence-electron chi connectivity index (χ1n) is 8.40. The van der Waals surface area contributed by atoms with E-state index in [4.69, 9.17) is 0 Å². The number of hydrogen-bond donors (Lipinski definition) is 0. The molecule has 2 heterocycles. The zero-order valence-electron chi connectivity index (χ0n) is 15.2. The Morgan fingerprint density at radius 3 is 2.30 bits per heavy atom. The van der Waals surface area contributed by atoms with Crippen LogP contribution in [-0.4, -0.2) is 47.1 Å². The Balaban J connectivity index is 2.14. The largest absolute Gasteiger partial charge is 0.435 e. The first-order valence-corrected chi connectivity index (χ1v) is 8.40. The Morgan fingerprint density at radius 2 is 1.78 bits per heavy atom. The number of anilines is 1. The number of amides is 2. The third-order valence-corrected chi connectivity index (χ3v) is 4.43. The number of benzene rings is 1. The molecule has 1 aliphatic rings. The SMILES string of the molecule is CC(=O)N1CCCc2c(C(F)(F)F)nn(-c3ccc(C(=O)N(C)C)cc3)c21. The monoisotopic (exact) mass is 380 g/mol. The van der Waals surface area contributed by atoms with E-state index in [0.29, 0.717) is 24.2 Å². The second-order valence-electron chi connectivity index (χ2n) is 6.58. The molecule has 27 heavy (non-hydrogen) atoms. The molecule has 1 aliphatic heterocycles. The molecule has 0 saturated heterocycles. The minimum atomic E-state index is -4.62. The van der Waals surface area contributed by atoms with Gasteiger partial charge in [-0.25, -0.2) is 4.68 Å². The summed E-state index contributed by atoms with van der Waals surface area (Å²) in [4.78, 5) is 26.7. The van der Waals surface area contributed by atoms with Gasteiger partial charge in [0, 0.05) is 38.7 Å². The van der Waals surface area contributed by atoms with E-state index in [0.717, 1.165) is 4.68 Å². The fourth-order valence-corrected chi connectivity index (χ4v) is 3.19. The first kappa shape index (κ1) is 18.9. The third-order valence-electron chi connectivity index (χ3n) is 4.43. The van der Waals surface area contributed by atoms with Gasteiger partial charge >= 0.3 is 6.18 Å². The molecule has 0 fully saturated rings. The summed E-state index contributed by atoms with van der Waals surface area (Å²) in [6.07, 6.45) is -3.97. The number of hydrogen-bond acceptors (Lipinski definition) is 3. The molecule has 6 nitrogen and oxygen atoms in total. The van der Waals surface area contributed by atoms with Crippen molar-refractivity contribution in [3.8, 4) is 5.69 Å². The molecular weight excluding hydrogens is 361 g/mol. The van der Waals surface area contributed by atoms with Gasteiger partial charge < -0.3 is 4.90 Å². The van der Waals surface area contributed by atoms with Crippen molar-refractivity contribution < 1.29 is 22.8 Å². The normalized spacial score (nSPS) is 14.1. The van der Waals surface area contributed by atoms with Crippen molar-refractivity contribution in [1.82, 2.24) is 14.7 Å². The molecule has 1 aromatic carbocycles. The van der Waals surface area contributed by atoms with Gasteiger partial charge in [-0.1, -0.05) is 0 Å². The van der Waals surface area contributed by atoms with E-state index in [9.17, 15) is 22.8 Å². The smallest absolute Gasteiger partial charge is 0.345 e. The van der Waals surface area contributed by atoms with Crippen LogP contribution in [0, 0.1) is 0 Å². The number of carbonyl (C=O) groups excluding carboxylic acids is 2. The molecule has 0 spiro atoms. The highest BCUT2D eigenvalue weighted by Gasteiger charge is 2.41. The molecule has 1 aromatic heterocycles. The molecule has 0 radical (unpaired) electrons. The highest BCUT2D eigenvalue weighted by atomic mass is 19.4. The molecule has 0 unspecified atom stereocenters. The lowest BCUT2D eigenvalue weighted by atomic mass is 10.0. The zero-order chi connectivity index (χ0) is 19.9. The predicted octanol–water partition coefficient (Wildman–Crippen LogP) is 2.89. The van der Waals surface area contributed by atoms with Crippen LogP contribution in [0.1, 0.15) is 35.0 Å². The summed E-state index contributed by atoms with van der Waals surface area (Å²) in [6.45, 7) is 1.65. The van der Waals surface area contributed by atoms with Gasteiger partial charge in [0.1, 0.15) is 5.82 Å². The van der Waals surface area contributed by atoms with Gasteiger partial charge in [0.2, 0.25) is 5.91 Å². The quantitative estimate of drug-likeness (QED) is 0.805. The lowest BCUT2D eigenvalue weighted by Gasteiger charge is -2.27. The van der Waals surface area contributed by atoms with Crippen LogP contribution in [0.2, 0.25) is 0 Å². The molecule has 0 bridgehead atoms. The summed E-state index contributed by atoms with van der Waals surface area (Å²) in [5.74, 6) is -0.414. The summed E-state index contributed by atoms with van der Waals surface area (Å²) in [7, 11) is 3.22. The Hall–Kier alpha value is -2.84.